The molecule has 0 unspecified atom stereocenters. The third kappa shape index (κ3) is 1.71. The molecule has 0 saturated heterocycles. The minimum absolute atomic E-state index is 0.109. The molecule has 0 radical (unpaired) electrons. The van der Waals surface area contributed by atoms with Crippen molar-refractivity contribution in [3.8, 4) is 18.2 Å². The van der Waals surface area contributed by atoms with Gasteiger partial charge in [-0.2, -0.15) is 15.8 Å². The first-order valence-electron chi connectivity index (χ1n) is 7.26. The van der Waals surface area contributed by atoms with Gasteiger partial charge in [-0.3, -0.25) is 0 Å². The molecule has 0 saturated carbocycles. The van der Waals surface area contributed by atoms with Crippen molar-refractivity contribution in [2.75, 3.05) is 0 Å². The lowest BCUT2D eigenvalue weighted by Gasteiger charge is -2.41. The van der Waals surface area contributed by atoms with Gasteiger partial charge in [-0.05, 0) is 43.4 Å². The fourth-order valence-corrected chi connectivity index (χ4v) is 3.69. The molecule has 2 aliphatic carbocycles. The second-order valence-corrected chi connectivity index (χ2v) is 5.71. The number of nitrogens with one attached hydrogen (secondary N) is 1. The third-order valence-electron chi connectivity index (χ3n) is 4.71. The van der Waals surface area contributed by atoms with Gasteiger partial charge in [0.05, 0.1) is 36.1 Å². The van der Waals surface area contributed by atoms with Gasteiger partial charge in [0.1, 0.15) is 11.7 Å². The average Bonchev–Trinajstić information content (AvgIpc) is 3.08. The summed E-state index contributed by atoms with van der Waals surface area (Å²) in [6, 6.07) is 9.63. The first kappa shape index (κ1) is 14.1. The molecule has 2 aliphatic rings. The van der Waals surface area contributed by atoms with E-state index in [4.69, 9.17) is 9.83 Å². The summed E-state index contributed by atoms with van der Waals surface area (Å²) in [6.45, 7) is 0. The quantitative estimate of drug-likeness (QED) is 0.799. The Morgan fingerprint density at radius 1 is 1.14 bits per heavy atom. The highest BCUT2D eigenvalue weighted by Gasteiger charge is 2.55. The molecular formula is C17H14N4O. The molecule has 3 rings (SSSR count). The van der Waals surface area contributed by atoms with Crippen LogP contribution >= 0.6 is 0 Å². The Hall–Kier alpha value is -2.84. The fraction of sp³-hybridized carbons (Fsp3) is 0.412. The zero-order chi connectivity index (χ0) is 15.7. The van der Waals surface area contributed by atoms with E-state index >= 15 is 0 Å². The topological polar surface area (TPSA) is 108 Å². The van der Waals surface area contributed by atoms with Crippen LogP contribution in [0.2, 0.25) is 0 Å². The van der Waals surface area contributed by atoms with E-state index in [9.17, 15) is 15.8 Å². The van der Waals surface area contributed by atoms with Gasteiger partial charge in [0.25, 0.3) is 0 Å². The summed E-state index contributed by atoms with van der Waals surface area (Å²) in [5.41, 5.74) is 0.101. The second kappa shape index (κ2) is 5.17. The van der Waals surface area contributed by atoms with Crippen LogP contribution in [-0.4, -0.2) is 5.71 Å². The Labute approximate surface area is 128 Å². The van der Waals surface area contributed by atoms with Crippen molar-refractivity contribution in [1.29, 1.82) is 21.2 Å². The number of furan rings is 1. The molecule has 22 heavy (non-hydrogen) atoms. The van der Waals surface area contributed by atoms with Crippen LogP contribution in [0.4, 0.5) is 0 Å². The number of nitriles is 3. The standard InChI is InChI=1S/C17H14N4O/c18-8-13-11-4-1-2-5-12(11)15(14-6-3-7-22-14)17(9-19,10-20)16(13)21/h3,6-7,13,15,21H,1-2,4-5H2/t13-,15-/m0/s1. The second-order valence-electron chi connectivity index (χ2n) is 5.71. The molecule has 0 bridgehead atoms. The fourth-order valence-electron chi connectivity index (χ4n) is 3.69. The summed E-state index contributed by atoms with van der Waals surface area (Å²) in [5, 5.41) is 37.2. The van der Waals surface area contributed by atoms with Crippen molar-refractivity contribution in [3.05, 3.63) is 35.3 Å². The van der Waals surface area contributed by atoms with Crippen molar-refractivity contribution in [3.63, 3.8) is 0 Å². The van der Waals surface area contributed by atoms with Crippen LogP contribution in [0, 0.1) is 50.7 Å². The van der Waals surface area contributed by atoms with E-state index in [0.717, 1.165) is 36.8 Å². The maximum atomic E-state index is 9.70. The third-order valence-corrected chi connectivity index (χ3v) is 4.71. The average molecular weight is 290 g/mol. The zero-order valence-corrected chi connectivity index (χ0v) is 12.0. The van der Waals surface area contributed by atoms with Crippen LogP contribution in [0.15, 0.2) is 34.0 Å². The summed E-state index contributed by atoms with van der Waals surface area (Å²) in [6.07, 6.45) is 4.95. The van der Waals surface area contributed by atoms with E-state index in [0.29, 0.717) is 5.76 Å². The van der Waals surface area contributed by atoms with E-state index < -0.39 is 17.3 Å². The zero-order valence-electron chi connectivity index (χ0n) is 12.0. The molecule has 1 aromatic heterocycles. The Bertz CT molecular complexity index is 753. The van der Waals surface area contributed by atoms with Crippen LogP contribution in [0.1, 0.15) is 37.4 Å². The Kier molecular flexibility index (Phi) is 3.32. The maximum Gasteiger partial charge on any atom is 0.195 e. The van der Waals surface area contributed by atoms with E-state index in [1.807, 2.05) is 12.1 Å². The maximum absolute atomic E-state index is 9.70. The molecule has 1 aromatic rings. The van der Waals surface area contributed by atoms with Gasteiger partial charge in [-0.15, -0.1) is 0 Å². The summed E-state index contributed by atoms with van der Waals surface area (Å²) in [5.74, 6) is -0.815. The van der Waals surface area contributed by atoms with Crippen molar-refractivity contribution in [2.24, 2.45) is 11.3 Å². The number of allylic oxidation sites excluding steroid dienone is 2. The van der Waals surface area contributed by atoms with E-state index in [2.05, 4.69) is 6.07 Å². The van der Waals surface area contributed by atoms with Gasteiger partial charge in [0, 0.05) is 0 Å². The number of hydrogen-bond acceptors (Lipinski definition) is 5. The highest BCUT2D eigenvalue weighted by atomic mass is 16.3. The molecule has 1 heterocycles. The molecule has 0 amide bonds. The van der Waals surface area contributed by atoms with Crippen molar-refractivity contribution >= 4 is 5.71 Å². The number of rotatable bonds is 1. The van der Waals surface area contributed by atoms with Crippen LogP contribution in [0.3, 0.4) is 0 Å². The smallest absolute Gasteiger partial charge is 0.195 e. The number of hydrogen-bond donors (Lipinski definition) is 1. The lowest BCUT2D eigenvalue weighted by atomic mass is 9.57. The Morgan fingerprint density at radius 2 is 1.82 bits per heavy atom. The predicted octanol–water partition coefficient (Wildman–Crippen LogP) is 3.44. The first-order chi connectivity index (χ1) is 10.7. The molecule has 5 nitrogen and oxygen atoms in total. The molecule has 2 atom stereocenters. The van der Waals surface area contributed by atoms with E-state index in [1.54, 1.807) is 12.1 Å². The largest absolute Gasteiger partial charge is 0.469 e. The molecular weight excluding hydrogens is 276 g/mol. The van der Waals surface area contributed by atoms with E-state index in [-0.39, 0.29) is 5.71 Å². The van der Waals surface area contributed by atoms with Gasteiger partial charge in [-0.25, -0.2) is 0 Å². The Morgan fingerprint density at radius 3 is 2.36 bits per heavy atom. The van der Waals surface area contributed by atoms with Gasteiger partial charge in [0.2, 0.25) is 0 Å². The van der Waals surface area contributed by atoms with Crippen molar-refractivity contribution < 1.29 is 4.42 Å². The summed E-state index contributed by atoms with van der Waals surface area (Å²) >= 11 is 0. The Balaban J connectivity index is 2.31. The highest BCUT2D eigenvalue weighted by Crippen LogP contribution is 2.53. The molecule has 0 spiro atoms. The van der Waals surface area contributed by atoms with Crippen molar-refractivity contribution in [2.45, 2.75) is 31.6 Å². The van der Waals surface area contributed by atoms with Crippen molar-refractivity contribution in [1.82, 2.24) is 0 Å². The monoisotopic (exact) mass is 290 g/mol. The number of nitrogens with zero attached hydrogens (tertiary/aromatic N) is 3. The lowest BCUT2D eigenvalue weighted by molar-refractivity contribution is 0.403. The molecule has 0 aromatic carbocycles. The summed E-state index contributed by atoms with van der Waals surface area (Å²) < 4.78 is 5.48. The SMILES string of the molecule is N#C[C@@H]1C(=N)C(C#N)(C#N)[C@H](c2ccco2)C2=C1CCCC2. The summed E-state index contributed by atoms with van der Waals surface area (Å²) in [7, 11) is 0. The van der Waals surface area contributed by atoms with Crippen LogP contribution < -0.4 is 0 Å². The summed E-state index contributed by atoms with van der Waals surface area (Å²) in [4.78, 5) is 0. The van der Waals surface area contributed by atoms with Crippen LogP contribution in [0.5, 0.6) is 0 Å². The highest BCUT2D eigenvalue weighted by molar-refractivity contribution is 6.01. The van der Waals surface area contributed by atoms with Gasteiger partial charge >= 0.3 is 0 Å². The van der Waals surface area contributed by atoms with Gasteiger partial charge in [0.15, 0.2) is 5.41 Å². The van der Waals surface area contributed by atoms with Crippen LogP contribution in [-0.2, 0) is 0 Å². The van der Waals surface area contributed by atoms with Gasteiger partial charge < -0.3 is 9.83 Å². The van der Waals surface area contributed by atoms with Gasteiger partial charge in [-0.1, -0.05) is 5.57 Å². The van der Waals surface area contributed by atoms with E-state index in [1.165, 1.54) is 6.26 Å². The predicted molar refractivity (Wildman–Crippen MR) is 77.4 cm³/mol. The minimum Gasteiger partial charge on any atom is -0.469 e. The minimum atomic E-state index is -1.66. The molecule has 0 aliphatic heterocycles. The first-order valence-corrected chi connectivity index (χ1v) is 7.26. The lowest BCUT2D eigenvalue weighted by Crippen LogP contribution is -2.44. The molecule has 1 N–H and O–H groups in total. The molecule has 108 valence electrons. The molecule has 5 heteroatoms. The normalized spacial score (nSPS) is 26.5. The molecule has 0 fully saturated rings. The van der Waals surface area contributed by atoms with Crippen LogP contribution in [0.25, 0.3) is 0 Å².